The van der Waals surface area contributed by atoms with Crippen molar-refractivity contribution < 1.29 is 14.9 Å². The molecule has 0 aromatic heterocycles. The summed E-state index contributed by atoms with van der Waals surface area (Å²) in [6.45, 7) is 9.53. The summed E-state index contributed by atoms with van der Waals surface area (Å²) in [7, 11) is 0. The molecule has 0 aliphatic carbocycles. The summed E-state index contributed by atoms with van der Waals surface area (Å²) in [5, 5.41) is 22.7. The van der Waals surface area contributed by atoms with Crippen LogP contribution in [0.5, 0.6) is 11.5 Å². The number of halogens is 1. The summed E-state index contributed by atoms with van der Waals surface area (Å²) in [6, 6.07) is 13.1. The van der Waals surface area contributed by atoms with Crippen molar-refractivity contribution in [3.63, 3.8) is 0 Å². The van der Waals surface area contributed by atoms with E-state index in [4.69, 9.17) is 16.3 Å². The molecule has 37 heavy (non-hydrogen) atoms. The van der Waals surface area contributed by atoms with Crippen LogP contribution in [0.15, 0.2) is 65.7 Å². The lowest BCUT2D eigenvalue weighted by Gasteiger charge is -2.38. The Kier molecular flexibility index (Phi) is 9.12. The van der Waals surface area contributed by atoms with Crippen LogP contribution in [0.4, 0.5) is 0 Å². The van der Waals surface area contributed by atoms with Crippen molar-refractivity contribution in [3.8, 4) is 11.5 Å². The smallest absolute Gasteiger partial charge is 0.123 e. The summed E-state index contributed by atoms with van der Waals surface area (Å²) in [4.78, 5) is 7.01. The molecule has 2 aromatic carbocycles. The molecule has 198 valence electrons. The molecule has 1 fully saturated rings. The lowest BCUT2D eigenvalue weighted by atomic mass is 9.84. The minimum absolute atomic E-state index is 0.0765. The monoisotopic (exact) mass is 522 g/mol. The van der Waals surface area contributed by atoms with Crippen LogP contribution in [0.2, 0.25) is 5.02 Å². The van der Waals surface area contributed by atoms with Crippen LogP contribution in [0.1, 0.15) is 51.2 Å². The summed E-state index contributed by atoms with van der Waals surface area (Å²) >= 11 is 6.03. The van der Waals surface area contributed by atoms with Crippen LogP contribution in [0.25, 0.3) is 5.57 Å². The van der Waals surface area contributed by atoms with Crippen molar-refractivity contribution in [2.24, 2.45) is 16.8 Å². The molecule has 4 rings (SSSR count). The summed E-state index contributed by atoms with van der Waals surface area (Å²) in [5.41, 5.74) is 2.01. The normalized spacial score (nSPS) is 21.9. The Bertz CT molecular complexity index is 1130. The van der Waals surface area contributed by atoms with Crippen LogP contribution in [0, 0.1) is 11.8 Å². The first-order valence-electron chi connectivity index (χ1n) is 13.3. The number of likely N-dealkylation sites (tertiary alicyclic amines) is 1. The molecule has 0 bridgehead atoms. The first-order valence-corrected chi connectivity index (χ1v) is 13.7. The number of aliphatic imine (C=N–C) groups is 1. The van der Waals surface area contributed by atoms with Gasteiger partial charge in [0.2, 0.25) is 0 Å². The third kappa shape index (κ3) is 7.04. The second kappa shape index (κ2) is 12.3. The molecule has 2 heterocycles. The Balaban J connectivity index is 1.47. The predicted molar refractivity (Wildman–Crippen MR) is 153 cm³/mol. The number of aromatic hydroxyl groups is 1. The van der Waals surface area contributed by atoms with Crippen molar-refractivity contribution in [2.45, 2.75) is 51.7 Å². The van der Waals surface area contributed by atoms with E-state index in [0.717, 1.165) is 48.5 Å². The fraction of sp³-hybridized carbons (Fsp3) is 0.452. The van der Waals surface area contributed by atoms with Crippen LogP contribution in [-0.4, -0.2) is 53.6 Å². The molecule has 0 spiro atoms. The Morgan fingerprint density at radius 2 is 1.92 bits per heavy atom. The van der Waals surface area contributed by atoms with Crippen molar-refractivity contribution in [1.29, 1.82) is 0 Å². The first-order chi connectivity index (χ1) is 17.7. The van der Waals surface area contributed by atoms with Crippen LogP contribution in [-0.2, 0) is 5.60 Å². The third-order valence-electron chi connectivity index (χ3n) is 7.34. The fourth-order valence-electron chi connectivity index (χ4n) is 5.09. The van der Waals surface area contributed by atoms with E-state index in [9.17, 15) is 10.2 Å². The lowest BCUT2D eigenvalue weighted by molar-refractivity contribution is -0.0254. The maximum atomic E-state index is 11.2. The van der Waals surface area contributed by atoms with Gasteiger partial charge in [0.05, 0.1) is 18.2 Å². The van der Waals surface area contributed by atoms with Crippen molar-refractivity contribution >= 4 is 23.4 Å². The number of dihydropyridines is 1. The van der Waals surface area contributed by atoms with Gasteiger partial charge in [0.25, 0.3) is 0 Å². The van der Waals surface area contributed by atoms with Gasteiger partial charge in [-0.2, -0.15) is 0 Å². The van der Waals surface area contributed by atoms with Gasteiger partial charge in [-0.1, -0.05) is 49.7 Å². The quantitative estimate of drug-likeness (QED) is 0.395. The largest absolute Gasteiger partial charge is 0.507 e. The highest BCUT2D eigenvalue weighted by atomic mass is 35.5. The zero-order chi connectivity index (χ0) is 26.4. The Morgan fingerprint density at radius 3 is 2.59 bits per heavy atom. The molecular weight excluding hydrogens is 484 g/mol. The summed E-state index contributed by atoms with van der Waals surface area (Å²) in [5.74, 6) is 1.52. The standard InChI is InChI=1S/C31H39ClN2O3/c1-22(2)21-37-26-12-13-30(35)29(20-26)28(27-6-4-16-33-23(27)3)7-5-17-34-18-14-31(36,15-19-34)24-8-10-25(32)11-9-24/h4,6-13,16,20,22-23,27,35-36H,5,14-15,17-19,21H2,1-3H3. The predicted octanol–water partition coefficient (Wildman–Crippen LogP) is 6.48. The number of aliphatic hydroxyl groups is 1. The van der Waals surface area contributed by atoms with Crippen molar-refractivity contribution in [1.82, 2.24) is 4.90 Å². The van der Waals surface area contributed by atoms with Crippen LogP contribution < -0.4 is 4.74 Å². The molecule has 1 saturated heterocycles. The Labute approximate surface area is 226 Å². The minimum atomic E-state index is -0.801. The molecule has 2 atom stereocenters. The van der Waals surface area contributed by atoms with Gasteiger partial charge in [-0.05, 0) is 79.6 Å². The SMILES string of the molecule is CC(C)COc1ccc(O)c(C(=CCCN2CCC(O)(c3ccc(Cl)cc3)CC2)C2C=CC=NC2C)c1. The zero-order valence-electron chi connectivity index (χ0n) is 22.1. The molecule has 2 N–H and O–H groups in total. The first kappa shape index (κ1) is 27.4. The molecule has 2 aliphatic rings. The number of benzene rings is 2. The van der Waals surface area contributed by atoms with E-state index in [-0.39, 0.29) is 17.7 Å². The van der Waals surface area contributed by atoms with Gasteiger partial charge in [-0.3, -0.25) is 4.99 Å². The number of piperidine rings is 1. The third-order valence-corrected chi connectivity index (χ3v) is 7.59. The summed E-state index contributed by atoms with van der Waals surface area (Å²) < 4.78 is 5.96. The van der Waals surface area contributed by atoms with Gasteiger partial charge < -0.3 is 19.8 Å². The van der Waals surface area contributed by atoms with E-state index in [1.165, 1.54) is 0 Å². The van der Waals surface area contributed by atoms with E-state index in [2.05, 4.69) is 42.8 Å². The van der Waals surface area contributed by atoms with E-state index in [0.29, 0.717) is 30.4 Å². The molecule has 5 nitrogen and oxygen atoms in total. The molecule has 6 heteroatoms. The second-order valence-electron chi connectivity index (χ2n) is 10.7. The Hall–Kier alpha value is -2.60. The van der Waals surface area contributed by atoms with E-state index >= 15 is 0 Å². The maximum Gasteiger partial charge on any atom is 0.123 e. The highest BCUT2D eigenvalue weighted by molar-refractivity contribution is 6.30. The number of phenols is 1. The maximum absolute atomic E-state index is 11.2. The number of hydrogen-bond acceptors (Lipinski definition) is 5. The lowest BCUT2D eigenvalue weighted by Crippen LogP contribution is -2.42. The zero-order valence-corrected chi connectivity index (χ0v) is 22.9. The van der Waals surface area contributed by atoms with Gasteiger partial charge in [-0.15, -0.1) is 0 Å². The average Bonchev–Trinajstić information content (AvgIpc) is 2.88. The van der Waals surface area contributed by atoms with Crippen LogP contribution >= 0.6 is 11.6 Å². The van der Waals surface area contributed by atoms with Gasteiger partial charge in [0, 0.05) is 42.4 Å². The number of phenolic OH excluding ortho intramolecular Hbond substituents is 1. The highest BCUT2D eigenvalue weighted by Crippen LogP contribution is 2.38. The van der Waals surface area contributed by atoms with E-state index < -0.39 is 5.60 Å². The number of nitrogens with zero attached hydrogens (tertiary/aromatic N) is 2. The molecular formula is C31H39ClN2O3. The van der Waals surface area contributed by atoms with Gasteiger partial charge >= 0.3 is 0 Å². The number of allylic oxidation sites excluding steroid dienone is 1. The number of rotatable bonds is 9. The molecule has 0 radical (unpaired) electrons. The summed E-state index contributed by atoms with van der Waals surface area (Å²) in [6.07, 6.45) is 10.5. The molecule has 2 unspecified atom stereocenters. The highest BCUT2D eigenvalue weighted by Gasteiger charge is 2.33. The molecule has 0 saturated carbocycles. The van der Waals surface area contributed by atoms with Gasteiger partial charge in [0.1, 0.15) is 11.5 Å². The van der Waals surface area contributed by atoms with E-state index in [1.54, 1.807) is 6.07 Å². The van der Waals surface area contributed by atoms with Crippen LogP contribution in [0.3, 0.4) is 0 Å². The fourth-order valence-corrected chi connectivity index (χ4v) is 5.22. The minimum Gasteiger partial charge on any atom is -0.507 e. The number of ether oxygens (including phenoxy) is 1. The molecule has 2 aliphatic heterocycles. The van der Waals surface area contributed by atoms with Crippen molar-refractivity contribution in [3.05, 3.63) is 76.8 Å². The van der Waals surface area contributed by atoms with Gasteiger partial charge in [-0.25, -0.2) is 0 Å². The van der Waals surface area contributed by atoms with E-state index in [1.807, 2.05) is 48.7 Å². The number of hydrogen-bond donors (Lipinski definition) is 2. The van der Waals surface area contributed by atoms with Gasteiger partial charge in [0.15, 0.2) is 0 Å². The molecule has 0 amide bonds. The van der Waals surface area contributed by atoms with Crippen molar-refractivity contribution in [2.75, 3.05) is 26.2 Å². The topological polar surface area (TPSA) is 65.3 Å². The average molecular weight is 523 g/mol. The second-order valence-corrected chi connectivity index (χ2v) is 11.1. The molecule has 2 aromatic rings. The Morgan fingerprint density at radius 1 is 1.19 bits per heavy atom.